The predicted octanol–water partition coefficient (Wildman–Crippen LogP) is 4.17. The molecule has 4 aromatic rings. The molecule has 2 aromatic heterocycles. The first-order chi connectivity index (χ1) is 21.7. The van der Waals surface area contributed by atoms with Crippen LogP contribution < -0.4 is 20.0 Å². The molecule has 11 heteroatoms. The lowest BCUT2D eigenvalue weighted by Crippen LogP contribution is -2.53. The van der Waals surface area contributed by atoms with Crippen molar-refractivity contribution >= 4 is 34.2 Å². The van der Waals surface area contributed by atoms with E-state index in [9.17, 15) is 5.11 Å². The Kier molecular flexibility index (Phi) is 8.52. The van der Waals surface area contributed by atoms with Crippen LogP contribution in [0.15, 0.2) is 60.8 Å². The minimum atomic E-state index is 0.0800. The van der Waals surface area contributed by atoms with Crippen LogP contribution >= 0.6 is 0 Å². The Morgan fingerprint density at radius 3 is 2.57 bits per heavy atom. The molecule has 3 aliphatic heterocycles. The second-order valence-electron chi connectivity index (χ2n) is 11.8. The number of ether oxygens (including phenoxy) is 1. The van der Waals surface area contributed by atoms with E-state index in [2.05, 4.69) is 61.4 Å². The first kappa shape index (κ1) is 28.8. The zero-order valence-corrected chi connectivity index (χ0v) is 25.4. The van der Waals surface area contributed by atoms with Gasteiger partial charge in [0.15, 0.2) is 5.82 Å². The number of aliphatic hydroxyl groups excluding tert-OH is 1. The van der Waals surface area contributed by atoms with Gasteiger partial charge in [0.05, 0.1) is 37.4 Å². The third-order valence-corrected chi connectivity index (χ3v) is 9.27. The third kappa shape index (κ3) is 5.92. The number of anilines is 4. The van der Waals surface area contributed by atoms with Crippen molar-refractivity contribution in [1.82, 2.24) is 24.8 Å². The number of nitrogens with one attached hydrogen (secondary N) is 2. The van der Waals surface area contributed by atoms with Crippen molar-refractivity contribution in [2.75, 3.05) is 81.4 Å². The molecule has 0 saturated carbocycles. The van der Waals surface area contributed by atoms with Crippen molar-refractivity contribution in [3.8, 4) is 5.75 Å². The molecule has 0 radical (unpaired) electrons. The largest absolute Gasteiger partial charge is 0.495 e. The van der Waals surface area contributed by atoms with Gasteiger partial charge in [0.2, 0.25) is 5.95 Å². The number of benzene rings is 2. The fourth-order valence-corrected chi connectivity index (χ4v) is 6.92. The number of fused-ring (bicyclic) bond motifs is 1. The van der Waals surface area contributed by atoms with E-state index in [4.69, 9.17) is 19.5 Å². The van der Waals surface area contributed by atoms with E-state index in [0.29, 0.717) is 18.6 Å². The monoisotopic (exact) mass is 598 g/mol. The molecule has 0 aliphatic carbocycles. The fraction of sp³-hybridized carbons (Fsp3) is 0.455. The van der Waals surface area contributed by atoms with Gasteiger partial charge in [-0.2, -0.15) is 9.97 Å². The van der Waals surface area contributed by atoms with Gasteiger partial charge < -0.3 is 25.0 Å². The molecular formula is C33H42N8O3. The number of methoxy groups -OCH3 is 1. The standard InChI is InChI=1S/C33H42N8O3/c1-43-30-23-25(7-8-29(30)40-14-10-26(11-15-40)39-18-16-38(17-19-39)20-21-42)35-33-36-31-27(9-13-34-31)32(37-33)41-28(12-22-44-41)24-5-3-2-4-6-24/h2-9,13,23,26,28,42H,10-12,14-22H2,1H3,(H2,34,35,36,37). The van der Waals surface area contributed by atoms with Crippen molar-refractivity contribution in [1.29, 1.82) is 0 Å². The van der Waals surface area contributed by atoms with Gasteiger partial charge in [0.25, 0.3) is 0 Å². The zero-order valence-electron chi connectivity index (χ0n) is 25.4. The summed E-state index contributed by atoms with van der Waals surface area (Å²) in [7, 11) is 1.73. The van der Waals surface area contributed by atoms with Crippen molar-refractivity contribution in [2.45, 2.75) is 31.3 Å². The van der Waals surface area contributed by atoms with Crippen LogP contribution in [0.3, 0.4) is 0 Å². The molecule has 5 heterocycles. The summed E-state index contributed by atoms with van der Waals surface area (Å²) in [6.07, 6.45) is 5.05. The van der Waals surface area contributed by atoms with Gasteiger partial charge in [-0.25, -0.2) is 5.06 Å². The first-order valence-corrected chi connectivity index (χ1v) is 15.8. The lowest BCUT2D eigenvalue weighted by Gasteiger charge is -2.43. The smallest absolute Gasteiger partial charge is 0.231 e. The molecule has 1 unspecified atom stereocenters. The highest BCUT2D eigenvalue weighted by molar-refractivity contribution is 5.89. The van der Waals surface area contributed by atoms with Crippen LogP contribution in [0.25, 0.3) is 11.0 Å². The summed E-state index contributed by atoms with van der Waals surface area (Å²) in [5.74, 6) is 2.07. The molecular weight excluding hydrogens is 556 g/mol. The molecule has 0 amide bonds. The Bertz CT molecular complexity index is 1530. The molecule has 1 atom stereocenters. The Labute approximate surface area is 258 Å². The van der Waals surface area contributed by atoms with E-state index in [1.54, 1.807) is 7.11 Å². The maximum atomic E-state index is 9.24. The molecule has 11 nitrogen and oxygen atoms in total. The average Bonchev–Trinajstić information content (AvgIpc) is 3.76. The second-order valence-corrected chi connectivity index (χ2v) is 11.8. The maximum absolute atomic E-state index is 9.24. The SMILES string of the molecule is COc1cc(Nc2nc(N3OCCC3c3ccccc3)c3cc[nH]c3n2)ccc1N1CCC(N2CCN(CCO)CC2)CC1. The Hall–Kier alpha value is -3.90. The molecule has 3 saturated heterocycles. The van der Waals surface area contributed by atoms with E-state index in [1.165, 1.54) is 5.56 Å². The number of rotatable bonds is 9. The van der Waals surface area contributed by atoms with Crippen molar-refractivity contribution < 1.29 is 14.7 Å². The summed E-state index contributed by atoms with van der Waals surface area (Å²) in [5, 5.41) is 15.5. The van der Waals surface area contributed by atoms with E-state index in [0.717, 1.165) is 99.1 Å². The number of hydrogen-bond acceptors (Lipinski definition) is 10. The van der Waals surface area contributed by atoms with Crippen LogP contribution in [0.4, 0.5) is 23.1 Å². The summed E-state index contributed by atoms with van der Waals surface area (Å²) in [6.45, 7) is 7.92. The highest BCUT2D eigenvalue weighted by Crippen LogP contribution is 2.38. The van der Waals surface area contributed by atoms with Crippen LogP contribution in [0.5, 0.6) is 5.75 Å². The van der Waals surface area contributed by atoms with Crippen molar-refractivity contribution in [3.05, 3.63) is 66.4 Å². The first-order valence-electron chi connectivity index (χ1n) is 15.8. The van der Waals surface area contributed by atoms with E-state index >= 15 is 0 Å². The quantitative estimate of drug-likeness (QED) is 0.260. The van der Waals surface area contributed by atoms with Gasteiger partial charge in [0, 0.05) is 76.2 Å². The Morgan fingerprint density at radius 2 is 1.80 bits per heavy atom. The van der Waals surface area contributed by atoms with Gasteiger partial charge in [-0.3, -0.25) is 14.6 Å². The third-order valence-electron chi connectivity index (χ3n) is 9.27. The molecule has 0 spiro atoms. The number of aliphatic hydroxyl groups is 1. The van der Waals surface area contributed by atoms with Crippen LogP contribution in [-0.4, -0.2) is 102 Å². The normalized spacial score (nSPS) is 20.5. The molecule has 2 aromatic carbocycles. The van der Waals surface area contributed by atoms with E-state index < -0.39 is 0 Å². The fourth-order valence-electron chi connectivity index (χ4n) is 6.92. The molecule has 7 rings (SSSR count). The topological polar surface area (TPSA) is 105 Å². The summed E-state index contributed by atoms with van der Waals surface area (Å²) in [4.78, 5) is 26.5. The van der Waals surface area contributed by atoms with Gasteiger partial charge in [0.1, 0.15) is 11.4 Å². The van der Waals surface area contributed by atoms with Crippen molar-refractivity contribution in [3.63, 3.8) is 0 Å². The van der Waals surface area contributed by atoms with Gasteiger partial charge in [-0.05, 0) is 36.6 Å². The number of H-pyrrole nitrogens is 1. The van der Waals surface area contributed by atoms with Crippen LogP contribution in [-0.2, 0) is 4.84 Å². The van der Waals surface area contributed by atoms with E-state index in [1.807, 2.05) is 29.5 Å². The number of aromatic amines is 1. The molecule has 3 aliphatic rings. The zero-order chi connectivity index (χ0) is 29.9. The van der Waals surface area contributed by atoms with Crippen LogP contribution in [0, 0.1) is 0 Å². The van der Waals surface area contributed by atoms with Crippen molar-refractivity contribution in [2.24, 2.45) is 0 Å². The molecule has 232 valence electrons. The highest BCUT2D eigenvalue weighted by atomic mass is 16.7. The maximum Gasteiger partial charge on any atom is 0.231 e. The van der Waals surface area contributed by atoms with E-state index in [-0.39, 0.29) is 12.6 Å². The minimum absolute atomic E-state index is 0.0800. The second kappa shape index (κ2) is 13.0. The lowest BCUT2D eigenvalue weighted by atomic mass is 10.0. The Balaban J connectivity index is 1.05. The number of aromatic nitrogens is 3. The summed E-state index contributed by atoms with van der Waals surface area (Å²) in [5.41, 5.74) is 3.93. The molecule has 0 bridgehead atoms. The number of hydrogen-bond donors (Lipinski definition) is 3. The number of hydroxylamine groups is 1. The Morgan fingerprint density at radius 1 is 0.977 bits per heavy atom. The summed E-state index contributed by atoms with van der Waals surface area (Å²) in [6, 6.07) is 19.4. The predicted molar refractivity (Wildman–Crippen MR) is 173 cm³/mol. The number of β-amino-alcohol motifs (C(OH)–C–C–N with tert-alkyl or cyclic N) is 1. The number of nitrogens with zero attached hydrogens (tertiary/aromatic N) is 6. The van der Waals surface area contributed by atoms with Crippen LogP contribution in [0.2, 0.25) is 0 Å². The van der Waals surface area contributed by atoms with Gasteiger partial charge >= 0.3 is 0 Å². The number of piperazine rings is 1. The summed E-state index contributed by atoms with van der Waals surface area (Å²) < 4.78 is 5.89. The van der Waals surface area contributed by atoms with Crippen LogP contribution in [0.1, 0.15) is 30.9 Å². The highest BCUT2D eigenvalue weighted by Gasteiger charge is 2.31. The van der Waals surface area contributed by atoms with Gasteiger partial charge in [-0.1, -0.05) is 30.3 Å². The van der Waals surface area contributed by atoms with Gasteiger partial charge in [-0.15, -0.1) is 0 Å². The minimum Gasteiger partial charge on any atom is -0.495 e. The average molecular weight is 599 g/mol. The molecule has 3 fully saturated rings. The number of piperidine rings is 1. The molecule has 3 N–H and O–H groups in total. The lowest BCUT2D eigenvalue weighted by molar-refractivity contribution is 0.0746. The summed E-state index contributed by atoms with van der Waals surface area (Å²) >= 11 is 0. The molecule has 44 heavy (non-hydrogen) atoms.